The first-order valence-electron chi connectivity index (χ1n) is 10.0. The van der Waals surface area contributed by atoms with E-state index in [0.717, 1.165) is 54.3 Å². The molecule has 0 aliphatic carbocycles. The van der Waals surface area contributed by atoms with Gasteiger partial charge in [0.2, 0.25) is 5.91 Å². The molecule has 1 fully saturated rings. The number of piperidine rings is 1. The van der Waals surface area contributed by atoms with Crippen molar-refractivity contribution in [2.24, 2.45) is 0 Å². The fourth-order valence-electron chi connectivity index (χ4n) is 3.87. The summed E-state index contributed by atoms with van der Waals surface area (Å²) in [6.07, 6.45) is 6.75. The third-order valence-corrected chi connectivity index (χ3v) is 5.68. The Labute approximate surface area is 176 Å². The highest BCUT2D eigenvalue weighted by Gasteiger charge is 2.25. The quantitative estimate of drug-likeness (QED) is 0.619. The Morgan fingerprint density at radius 1 is 1.03 bits per heavy atom. The van der Waals surface area contributed by atoms with Gasteiger partial charge < -0.3 is 4.90 Å². The summed E-state index contributed by atoms with van der Waals surface area (Å²) in [5.41, 5.74) is 4.33. The Balaban J connectivity index is 1.42. The van der Waals surface area contributed by atoms with Crippen LogP contribution >= 0.6 is 11.6 Å². The summed E-state index contributed by atoms with van der Waals surface area (Å²) in [7, 11) is 0. The first kappa shape index (κ1) is 19.6. The van der Waals surface area contributed by atoms with E-state index >= 15 is 0 Å². The molecule has 1 amide bonds. The van der Waals surface area contributed by atoms with Gasteiger partial charge in [0, 0.05) is 54.2 Å². The van der Waals surface area contributed by atoms with Crippen molar-refractivity contribution in [3.63, 3.8) is 0 Å². The van der Waals surface area contributed by atoms with Gasteiger partial charge in [0.15, 0.2) is 0 Å². The van der Waals surface area contributed by atoms with Crippen molar-refractivity contribution < 1.29 is 4.79 Å². The third kappa shape index (κ3) is 5.21. The van der Waals surface area contributed by atoms with Crippen molar-refractivity contribution in [3.05, 3.63) is 94.5 Å². The molecule has 1 aliphatic heterocycles. The van der Waals surface area contributed by atoms with E-state index in [1.165, 1.54) is 5.56 Å². The zero-order valence-corrected chi connectivity index (χ0v) is 17.1. The van der Waals surface area contributed by atoms with E-state index in [9.17, 15) is 4.79 Å². The molecule has 0 bridgehead atoms. The largest absolute Gasteiger partial charge is 0.342 e. The average molecular weight is 406 g/mol. The summed E-state index contributed by atoms with van der Waals surface area (Å²) in [5, 5.41) is 0.745. The van der Waals surface area contributed by atoms with Crippen LogP contribution in [-0.4, -0.2) is 33.9 Å². The lowest BCUT2D eigenvalue weighted by Crippen LogP contribution is -2.40. The van der Waals surface area contributed by atoms with E-state index in [0.29, 0.717) is 6.42 Å². The van der Waals surface area contributed by atoms with Gasteiger partial charge in [-0.1, -0.05) is 29.8 Å². The number of hydrogen-bond acceptors (Lipinski definition) is 3. The van der Waals surface area contributed by atoms with E-state index in [1.807, 2.05) is 41.3 Å². The molecule has 2 aromatic heterocycles. The number of aromatic nitrogens is 2. The van der Waals surface area contributed by atoms with E-state index in [4.69, 9.17) is 16.6 Å². The molecule has 148 valence electrons. The van der Waals surface area contributed by atoms with E-state index in [2.05, 4.69) is 23.2 Å². The summed E-state index contributed by atoms with van der Waals surface area (Å²) in [6.45, 7) is 1.56. The minimum Gasteiger partial charge on any atom is -0.342 e. The zero-order valence-electron chi connectivity index (χ0n) is 16.3. The van der Waals surface area contributed by atoms with Gasteiger partial charge in [0.1, 0.15) is 0 Å². The maximum atomic E-state index is 12.8. The first-order valence-corrected chi connectivity index (χ1v) is 10.4. The smallest absolute Gasteiger partial charge is 0.227 e. The molecule has 1 aliphatic rings. The molecule has 3 heterocycles. The second-order valence-electron chi connectivity index (χ2n) is 7.57. The molecule has 1 saturated heterocycles. The lowest BCUT2D eigenvalue weighted by Gasteiger charge is -2.32. The molecule has 0 unspecified atom stereocenters. The van der Waals surface area contributed by atoms with Crippen LogP contribution < -0.4 is 0 Å². The van der Waals surface area contributed by atoms with E-state index < -0.39 is 0 Å². The van der Waals surface area contributed by atoms with Crippen LogP contribution in [0.25, 0.3) is 0 Å². The maximum absolute atomic E-state index is 12.8. The Kier molecular flexibility index (Phi) is 6.20. The Morgan fingerprint density at radius 2 is 1.83 bits per heavy atom. The summed E-state index contributed by atoms with van der Waals surface area (Å²) in [6, 6.07) is 17.9. The topological polar surface area (TPSA) is 46.1 Å². The fourth-order valence-corrected chi connectivity index (χ4v) is 3.99. The number of rotatable bonds is 5. The van der Waals surface area contributed by atoms with Crippen molar-refractivity contribution in [2.75, 3.05) is 13.1 Å². The van der Waals surface area contributed by atoms with Crippen molar-refractivity contribution in [1.29, 1.82) is 0 Å². The zero-order chi connectivity index (χ0) is 20.1. The summed E-state index contributed by atoms with van der Waals surface area (Å²) in [4.78, 5) is 23.7. The standard InChI is InChI=1S/C24H24ClN3O/c25-21-8-6-18(7-9-21)15-22-4-1-5-23(27-22)20-3-2-14-28(17-20)24(29)16-19-10-12-26-13-11-19/h1,4-13,20H,2-3,14-17H2/t20-/m1/s1. The van der Waals surface area contributed by atoms with Crippen molar-refractivity contribution in [1.82, 2.24) is 14.9 Å². The third-order valence-electron chi connectivity index (χ3n) is 5.42. The Hall–Kier alpha value is -2.72. The number of benzene rings is 1. The number of amides is 1. The van der Waals surface area contributed by atoms with Crippen molar-refractivity contribution >= 4 is 17.5 Å². The number of pyridine rings is 2. The van der Waals surface area contributed by atoms with Crippen LogP contribution in [0.3, 0.4) is 0 Å². The fraction of sp³-hybridized carbons (Fsp3) is 0.292. The minimum absolute atomic E-state index is 0.179. The highest BCUT2D eigenvalue weighted by molar-refractivity contribution is 6.30. The van der Waals surface area contributed by atoms with Gasteiger partial charge in [-0.25, -0.2) is 0 Å². The Bertz CT molecular complexity index is 959. The summed E-state index contributed by atoms with van der Waals surface area (Å²) >= 11 is 5.98. The molecule has 29 heavy (non-hydrogen) atoms. The normalized spacial score (nSPS) is 16.6. The molecule has 4 rings (SSSR count). The number of hydrogen-bond donors (Lipinski definition) is 0. The van der Waals surface area contributed by atoms with Gasteiger partial charge in [0.05, 0.1) is 6.42 Å². The van der Waals surface area contributed by atoms with Gasteiger partial charge in [-0.2, -0.15) is 0 Å². The number of carbonyl (C=O) groups excluding carboxylic acids is 1. The molecule has 0 saturated carbocycles. The van der Waals surface area contributed by atoms with Crippen LogP contribution in [0.4, 0.5) is 0 Å². The molecule has 5 heteroatoms. The van der Waals surface area contributed by atoms with Gasteiger partial charge in [-0.05, 0) is 60.4 Å². The molecule has 4 nitrogen and oxygen atoms in total. The molecular formula is C24H24ClN3O. The van der Waals surface area contributed by atoms with Crippen LogP contribution in [-0.2, 0) is 17.6 Å². The number of nitrogens with zero attached hydrogens (tertiary/aromatic N) is 3. The van der Waals surface area contributed by atoms with Crippen LogP contribution in [0.5, 0.6) is 0 Å². The predicted octanol–water partition coefficient (Wildman–Crippen LogP) is 4.67. The van der Waals surface area contributed by atoms with Crippen molar-refractivity contribution in [3.8, 4) is 0 Å². The second-order valence-corrected chi connectivity index (χ2v) is 8.00. The number of halogens is 1. The number of likely N-dealkylation sites (tertiary alicyclic amines) is 1. The van der Waals surface area contributed by atoms with E-state index in [-0.39, 0.29) is 11.8 Å². The minimum atomic E-state index is 0.179. The predicted molar refractivity (Wildman–Crippen MR) is 115 cm³/mol. The second kappa shape index (κ2) is 9.19. The van der Waals surface area contributed by atoms with Crippen LogP contribution in [0.15, 0.2) is 67.0 Å². The van der Waals surface area contributed by atoms with E-state index in [1.54, 1.807) is 12.4 Å². The molecule has 1 aromatic carbocycles. The molecule has 0 radical (unpaired) electrons. The summed E-state index contributed by atoms with van der Waals surface area (Å²) in [5.74, 6) is 0.466. The molecule has 3 aromatic rings. The van der Waals surface area contributed by atoms with Gasteiger partial charge in [0.25, 0.3) is 0 Å². The van der Waals surface area contributed by atoms with Crippen LogP contribution in [0.1, 0.15) is 41.3 Å². The van der Waals surface area contributed by atoms with Crippen molar-refractivity contribution in [2.45, 2.75) is 31.6 Å². The summed E-state index contributed by atoms with van der Waals surface area (Å²) < 4.78 is 0. The lowest BCUT2D eigenvalue weighted by molar-refractivity contribution is -0.131. The molecule has 0 spiro atoms. The van der Waals surface area contributed by atoms with Gasteiger partial charge >= 0.3 is 0 Å². The molecular weight excluding hydrogens is 382 g/mol. The van der Waals surface area contributed by atoms with Gasteiger partial charge in [-0.15, -0.1) is 0 Å². The lowest BCUT2D eigenvalue weighted by atomic mass is 9.93. The maximum Gasteiger partial charge on any atom is 0.227 e. The molecule has 1 atom stereocenters. The van der Waals surface area contributed by atoms with Crippen LogP contribution in [0, 0.1) is 0 Å². The first-order chi connectivity index (χ1) is 14.2. The van der Waals surface area contributed by atoms with Gasteiger partial charge in [-0.3, -0.25) is 14.8 Å². The monoisotopic (exact) mass is 405 g/mol. The Morgan fingerprint density at radius 3 is 2.62 bits per heavy atom. The SMILES string of the molecule is O=C(Cc1ccncc1)N1CCC[C@@H](c2cccc(Cc3ccc(Cl)cc3)n2)C1. The highest BCUT2D eigenvalue weighted by Crippen LogP contribution is 2.26. The highest BCUT2D eigenvalue weighted by atomic mass is 35.5. The number of carbonyl (C=O) groups is 1. The molecule has 0 N–H and O–H groups in total. The average Bonchev–Trinajstić information content (AvgIpc) is 2.76. The van der Waals surface area contributed by atoms with Crippen LogP contribution in [0.2, 0.25) is 5.02 Å².